The Morgan fingerprint density at radius 2 is 1.93 bits per heavy atom. The Balaban J connectivity index is 1.39. The Labute approximate surface area is 172 Å². The summed E-state index contributed by atoms with van der Waals surface area (Å²) in [6, 6.07) is 15.5. The van der Waals surface area contributed by atoms with Crippen molar-refractivity contribution in [2.45, 2.75) is 25.7 Å². The van der Waals surface area contributed by atoms with E-state index in [4.69, 9.17) is 9.26 Å². The second-order valence-electron chi connectivity index (χ2n) is 6.29. The molecule has 0 saturated carbocycles. The Kier molecular flexibility index (Phi) is 7.19. The van der Waals surface area contributed by atoms with Gasteiger partial charge >= 0.3 is 0 Å². The number of rotatable bonds is 9. The molecule has 0 atom stereocenters. The van der Waals surface area contributed by atoms with Crippen LogP contribution in [0, 0.1) is 0 Å². The second-order valence-corrected chi connectivity index (χ2v) is 7.14. The van der Waals surface area contributed by atoms with Gasteiger partial charge in [0.2, 0.25) is 17.6 Å². The van der Waals surface area contributed by atoms with Crippen molar-refractivity contribution in [2.24, 2.45) is 0 Å². The quantitative estimate of drug-likeness (QED) is 0.536. The first-order valence-corrected chi connectivity index (χ1v) is 9.92. The predicted octanol–water partition coefficient (Wildman–Crippen LogP) is 4.19. The fourth-order valence-electron chi connectivity index (χ4n) is 2.74. The van der Waals surface area contributed by atoms with Crippen molar-refractivity contribution in [1.82, 2.24) is 15.5 Å². The highest BCUT2D eigenvalue weighted by atomic mass is 79.9. The van der Waals surface area contributed by atoms with Crippen LogP contribution in [0.2, 0.25) is 0 Å². The first-order valence-electron chi connectivity index (χ1n) is 9.13. The zero-order valence-electron chi connectivity index (χ0n) is 15.7. The summed E-state index contributed by atoms with van der Waals surface area (Å²) in [4.78, 5) is 16.4. The number of halogens is 1. The van der Waals surface area contributed by atoms with Gasteiger partial charge in [-0.2, -0.15) is 4.98 Å². The van der Waals surface area contributed by atoms with Crippen LogP contribution in [0.15, 0.2) is 57.5 Å². The molecule has 0 spiro atoms. The maximum atomic E-state index is 12.0. The van der Waals surface area contributed by atoms with Gasteiger partial charge in [-0.25, -0.2) is 0 Å². The molecule has 0 unspecified atom stereocenters. The first-order chi connectivity index (χ1) is 13.7. The van der Waals surface area contributed by atoms with Crippen LogP contribution in [0.25, 0.3) is 11.4 Å². The van der Waals surface area contributed by atoms with Crippen LogP contribution < -0.4 is 10.1 Å². The Bertz CT molecular complexity index is 909. The van der Waals surface area contributed by atoms with E-state index in [0.29, 0.717) is 37.5 Å². The third kappa shape index (κ3) is 5.66. The van der Waals surface area contributed by atoms with Gasteiger partial charge in [0, 0.05) is 29.4 Å². The van der Waals surface area contributed by atoms with Crippen LogP contribution in [0.4, 0.5) is 0 Å². The van der Waals surface area contributed by atoms with Gasteiger partial charge < -0.3 is 14.6 Å². The lowest BCUT2D eigenvalue weighted by Gasteiger charge is -2.06. The smallest absolute Gasteiger partial charge is 0.226 e. The molecule has 146 valence electrons. The standard InChI is InChI=1S/C21H22BrN3O3/c1-27-17-11-9-16(10-12-17)21-24-20(28-25-21)8-4-7-19(26)23-14-13-15-5-2-3-6-18(15)22/h2-3,5-6,9-12H,4,7-8,13-14H2,1H3,(H,23,26). The normalized spacial score (nSPS) is 10.6. The van der Waals surface area contributed by atoms with E-state index in [-0.39, 0.29) is 5.91 Å². The maximum absolute atomic E-state index is 12.0. The number of nitrogens with zero attached hydrogens (tertiary/aromatic N) is 2. The molecule has 0 bridgehead atoms. The number of carbonyl (C=O) groups excluding carboxylic acids is 1. The first kappa shape index (κ1) is 20.1. The zero-order valence-corrected chi connectivity index (χ0v) is 17.2. The number of amides is 1. The number of carbonyl (C=O) groups is 1. The van der Waals surface area contributed by atoms with Gasteiger partial charge in [-0.15, -0.1) is 0 Å². The third-order valence-corrected chi connectivity index (χ3v) is 5.06. The van der Waals surface area contributed by atoms with Crippen molar-refractivity contribution in [3.8, 4) is 17.1 Å². The van der Waals surface area contributed by atoms with Gasteiger partial charge in [0.15, 0.2) is 0 Å². The molecule has 0 radical (unpaired) electrons. The van der Waals surface area contributed by atoms with Crippen molar-refractivity contribution >= 4 is 21.8 Å². The Morgan fingerprint density at radius 3 is 2.68 bits per heavy atom. The van der Waals surface area contributed by atoms with Crippen molar-refractivity contribution in [1.29, 1.82) is 0 Å². The summed E-state index contributed by atoms with van der Waals surface area (Å²) in [7, 11) is 1.62. The van der Waals surface area contributed by atoms with Crippen LogP contribution in [0.3, 0.4) is 0 Å². The monoisotopic (exact) mass is 443 g/mol. The molecule has 1 N–H and O–H groups in total. The van der Waals surface area contributed by atoms with Gasteiger partial charge in [0.05, 0.1) is 7.11 Å². The van der Waals surface area contributed by atoms with Crippen LogP contribution in [0.1, 0.15) is 24.3 Å². The summed E-state index contributed by atoms with van der Waals surface area (Å²) in [6.45, 7) is 0.615. The number of aromatic nitrogens is 2. The van der Waals surface area contributed by atoms with E-state index >= 15 is 0 Å². The summed E-state index contributed by atoms with van der Waals surface area (Å²) >= 11 is 3.52. The molecule has 0 aliphatic rings. The number of benzene rings is 2. The molecular formula is C21H22BrN3O3. The van der Waals surface area contributed by atoms with Crippen molar-refractivity contribution in [2.75, 3.05) is 13.7 Å². The largest absolute Gasteiger partial charge is 0.497 e. The average molecular weight is 444 g/mol. The minimum Gasteiger partial charge on any atom is -0.497 e. The molecule has 1 amide bonds. The molecule has 0 saturated heterocycles. The van der Waals surface area contributed by atoms with Crippen LogP contribution in [0.5, 0.6) is 5.75 Å². The van der Waals surface area contributed by atoms with Gasteiger partial charge in [-0.1, -0.05) is 39.3 Å². The molecule has 0 aliphatic carbocycles. The van der Waals surface area contributed by atoms with Gasteiger partial charge in [0.1, 0.15) is 5.75 Å². The highest BCUT2D eigenvalue weighted by Gasteiger charge is 2.10. The number of hydrogen-bond donors (Lipinski definition) is 1. The SMILES string of the molecule is COc1ccc(-c2noc(CCCC(=O)NCCc3ccccc3Br)n2)cc1. The highest BCUT2D eigenvalue weighted by molar-refractivity contribution is 9.10. The molecule has 6 nitrogen and oxygen atoms in total. The lowest BCUT2D eigenvalue weighted by molar-refractivity contribution is -0.121. The number of aryl methyl sites for hydroxylation is 1. The summed E-state index contributed by atoms with van der Waals surface area (Å²) in [5, 5.41) is 6.95. The number of nitrogens with one attached hydrogen (secondary N) is 1. The van der Waals surface area contributed by atoms with Gasteiger partial charge in [-0.05, 0) is 48.7 Å². The highest BCUT2D eigenvalue weighted by Crippen LogP contribution is 2.20. The third-order valence-electron chi connectivity index (χ3n) is 4.29. The Morgan fingerprint density at radius 1 is 1.14 bits per heavy atom. The summed E-state index contributed by atoms with van der Waals surface area (Å²) in [5.41, 5.74) is 2.04. The van der Waals surface area contributed by atoms with Crippen LogP contribution >= 0.6 is 15.9 Å². The molecule has 28 heavy (non-hydrogen) atoms. The van der Waals surface area contributed by atoms with E-state index in [1.807, 2.05) is 48.5 Å². The van der Waals surface area contributed by atoms with Gasteiger partial charge in [-0.3, -0.25) is 4.79 Å². The lowest BCUT2D eigenvalue weighted by atomic mass is 10.1. The average Bonchev–Trinajstić information content (AvgIpc) is 3.18. The minimum atomic E-state index is 0.0296. The maximum Gasteiger partial charge on any atom is 0.226 e. The van der Waals surface area contributed by atoms with E-state index in [2.05, 4.69) is 31.4 Å². The van der Waals surface area contributed by atoms with Crippen molar-refractivity contribution in [3.05, 3.63) is 64.5 Å². The number of hydrogen-bond acceptors (Lipinski definition) is 5. The molecule has 1 heterocycles. The molecule has 7 heteroatoms. The number of methoxy groups -OCH3 is 1. The number of ether oxygens (including phenoxy) is 1. The lowest BCUT2D eigenvalue weighted by Crippen LogP contribution is -2.25. The van der Waals surface area contributed by atoms with Crippen LogP contribution in [-0.4, -0.2) is 29.7 Å². The molecule has 0 fully saturated rings. The van der Waals surface area contributed by atoms with E-state index in [0.717, 1.165) is 22.2 Å². The van der Waals surface area contributed by atoms with E-state index in [1.54, 1.807) is 7.11 Å². The zero-order chi connectivity index (χ0) is 19.8. The van der Waals surface area contributed by atoms with E-state index in [9.17, 15) is 4.79 Å². The van der Waals surface area contributed by atoms with E-state index in [1.165, 1.54) is 5.56 Å². The molecule has 0 aliphatic heterocycles. The summed E-state index contributed by atoms with van der Waals surface area (Å²) in [6.07, 6.45) is 2.45. The molecular weight excluding hydrogens is 422 g/mol. The summed E-state index contributed by atoms with van der Waals surface area (Å²) < 4.78 is 11.5. The van der Waals surface area contributed by atoms with Crippen LogP contribution in [-0.2, 0) is 17.6 Å². The molecule has 3 aromatic rings. The second kappa shape index (κ2) is 10.0. The molecule has 3 rings (SSSR count). The van der Waals surface area contributed by atoms with Gasteiger partial charge in [0.25, 0.3) is 0 Å². The Hall–Kier alpha value is -2.67. The van der Waals surface area contributed by atoms with E-state index < -0.39 is 0 Å². The summed E-state index contributed by atoms with van der Waals surface area (Å²) in [5.74, 6) is 1.88. The minimum absolute atomic E-state index is 0.0296. The molecule has 2 aromatic carbocycles. The molecule has 1 aromatic heterocycles. The van der Waals surface area contributed by atoms with Crippen molar-refractivity contribution < 1.29 is 14.1 Å². The topological polar surface area (TPSA) is 77.2 Å². The fourth-order valence-corrected chi connectivity index (χ4v) is 3.22. The van der Waals surface area contributed by atoms with Crippen molar-refractivity contribution in [3.63, 3.8) is 0 Å². The predicted molar refractivity (Wildman–Crippen MR) is 110 cm³/mol. The fraction of sp³-hybridized carbons (Fsp3) is 0.286.